The number of carbonyl (C=O) groups is 2. The van der Waals surface area contributed by atoms with Gasteiger partial charge >= 0.3 is 11.9 Å². The number of hydrogen-bond acceptors (Lipinski definition) is 5. The summed E-state index contributed by atoms with van der Waals surface area (Å²) in [5.74, 6) is -0.759. The molecule has 0 aromatic heterocycles. The molecule has 1 aliphatic rings. The molecule has 1 aliphatic heterocycles. The minimum absolute atomic E-state index is 0.206. The Kier molecular flexibility index (Phi) is 4.10. The summed E-state index contributed by atoms with van der Waals surface area (Å²) in [7, 11) is 0. The van der Waals surface area contributed by atoms with Gasteiger partial charge in [-0.1, -0.05) is 18.2 Å². The molecule has 1 aromatic carbocycles. The Morgan fingerprint density at radius 3 is 2.68 bits per heavy atom. The number of esters is 2. The standard InChI is InChI=1S/C14H12O5/c15-11(8-12-6-7-13(16)19-12)9-18-14(17)10-4-2-1-3-5-10/h1-8,11,15H,9H2/b12-8-. The topological polar surface area (TPSA) is 72.8 Å². The molecular weight excluding hydrogens is 248 g/mol. The highest BCUT2D eigenvalue weighted by Gasteiger charge is 2.13. The number of allylic oxidation sites excluding steroid dienone is 1. The third-order valence-electron chi connectivity index (χ3n) is 2.35. The first-order valence-corrected chi connectivity index (χ1v) is 5.67. The van der Waals surface area contributed by atoms with Gasteiger partial charge in [0.05, 0.1) is 5.56 Å². The molecule has 0 aliphatic carbocycles. The maximum absolute atomic E-state index is 11.6. The Labute approximate surface area is 109 Å². The zero-order chi connectivity index (χ0) is 13.7. The molecule has 1 unspecified atom stereocenters. The zero-order valence-corrected chi connectivity index (χ0v) is 9.98. The Morgan fingerprint density at radius 2 is 2.05 bits per heavy atom. The van der Waals surface area contributed by atoms with Crippen molar-refractivity contribution in [2.45, 2.75) is 6.10 Å². The molecule has 19 heavy (non-hydrogen) atoms. The normalized spacial score (nSPS) is 17.3. The van der Waals surface area contributed by atoms with E-state index in [1.54, 1.807) is 30.3 Å². The molecule has 0 saturated carbocycles. The Balaban J connectivity index is 1.84. The van der Waals surface area contributed by atoms with Gasteiger partial charge in [-0.25, -0.2) is 9.59 Å². The van der Waals surface area contributed by atoms with Crippen molar-refractivity contribution < 1.29 is 24.2 Å². The molecule has 0 saturated heterocycles. The first kappa shape index (κ1) is 13.0. The van der Waals surface area contributed by atoms with Crippen LogP contribution in [-0.4, -0.2) is 29.8 Å². The van der Waals surface area contributed by atoms with Gasteiger partial charge in [-0.3, -0.25) is 0 Å². The van der Waals surface area contributed by atoms with E-state index in [1.165, 1.54) is 18.2 Å². The first-order valence-electron chi connectivity index (χ1n) is 5.67. The van der Waals surface area contributed by atoms with Crippen LogP contribution in [0.4, 0.5) is 0 Å². The predicted molar refractivity (Wildman–Crippen MR) is 66.0 cm³/mol. The van der Waals surface area contributed by atoms with Crippen LogP contribution in [0.25, 0.3) is 0 Å². The summed E-state index contributed by atoms with van der Waals surface area (Å²) in [5, 5.41) is 9.61. The van der Waals surface area contributed by atoms with Gasteiger partial charge in [0.1, 0.15) is 18.5 Å². The lowest BCUT2D eigenvalue weighted by Gasteiger charge is -2.08. The second kappa shape index (κ2) is 5.97. The van der Waals surface area contributed by atoms with Crippen molar-refractivity contribution >= 4 is 11.9 Å². The van der Waals surface area contributed by atoms with Crippen LogP contribution in [0.1, 0.15) is 10.4 Å². The van der Waals surface area contributed by atoms with Crippen molar-refractivity contribution in [2.75, 3.05) is 6.61 Å². The van der Waals surface area contributed by atoms with Crippen LogP contribution in [0.3, 0.4) is 0 Å². The third-order valence-corrected chi connectivity index (χ3v) is 2.35. The summed E-state index contributed by atoms with van der Waals surface area (Å²) in [6.07, 6.45) is 2.96. The Bertz CT molecular complexity index is 530. The average Bonchev–Trinajstić information content (AvgIpc) is 2.82. The van der Waals surface area contributed by atoms with Crippen LogP contribution in [-0.2, 0) is 14.3 Å². The highest BCUT2D eigenvalue weighted by atomic mass is 16.5. The van der Waals surface area contributed by atoms with E-state index < -0.39 is 18.0 Å². The molecule has 5 nitrogen and oxygen atoms in total. The van der Waals surface area contributed by atoms with Crippen molar-refractivity contribution in [3.63, 3.8) is 0 Å². The molecule has 1 N–H and O–H groups in total. The van der Waals surface area contributed by atoms with Gasteiger partial charge in [-0.15, -0.1) is 0 Å². The minimum atomic E-state index is -1.03. The molecule has 0 amide bonds. The fourth-order valence-electron chi connectivity index (χ4n) is 1.48. The largest absolute Gasteiger partial charge is 0.459 e. The lowest BCUT2D eigenvalue weighted by molar-refractivity contribution is -0.132. The average molecular weight is 260 g/mol. The highest BCUT2D eigenvalue weighted by Crippen LogP contribution is 2.10. The molecule has 2 rings (SSSR count). The number of aliphatic hydroxyl groups is 1. The van der Waals surface area contributed by atoms with Crippen LogP contribution in [0.2, 0.25) is 0 Å². The van der Waals surface area contributed by atoms with Gasteiger partial charge in [0.15, 0.2) is 0 Å². The molecule has 0 bridgehead atoms. The van der Waals surface area contributed by atoms with Crippen molar-refractivity contribution in [2.24, 2.45) is 0 Å². The molecule has 1 heterocycles. The fourth-order valence-corrected chi connectivity index (χ4v) is 1.48. The fraction of sp³-hybridized carbons (Fsp3) is 0.143. The number of hydrogen-bond donors (Lipinski definition) is 1. The molecule has 1 aromatic rings. The van der Waals surface area contributed by atoms with E-state index in [9.17, 15) is 14.7 Å². The molecule has 98 valence electrons. The van der Waals surface area contributed by atoms with E-state index in [2.05, 4.69) is 0 Å². The lowest BCUT2D eigenvalue weighted by atomic mass is 10.2. The van der Waals surface area contributed by atoms with Gasteiger partial charge in [-0.05, 0) is 24.3 Å². The van der Waals surface area contributed by atoms with Crippen LogP contribution in [0.15, 0.2) is 54.3 Å². The number of aliphatic hydroxyl groups excluding tert-OH is 1. The van der Waals surface area contributed by atoms with Gasteiger partial charge in [-0.2, -0.15) is 0 Å². The number of benzene rings is 1. The molecule has 0 radical (unpaired) electrons. The zero-order valence-electron chi connectivity index (χ0n) is 9.98. The van der Waals surface area contributed by atoms with E-state index in [0.29, 0.717) is 5.56 Å². The van der Waals surface area contributed by atoms with Crippen LogP contribution in [0, 0.1) is 0 Å². The van der Waals surface area contributed by atoms with E-state index >= 15 is 0 Å². The quantitative estimate of drug-likeness (QED) is 0.823. The summed E-state index contributed by atoms with van der Waals surface area (Å²) in [6, 6.07) is 8.47. The highest BCUT2D eigenvalue weighted by molar-refractivity contribution is 5.89. The summed E-state index contributed by atoms with van der Waals surface area (Å²) in [4.78, 5) is 22.4. The van der Waals surface area contributed by atoms with Gasteiger partial charge in [0.25, 0.3) is 0 Å². The second-order valence-corrected chi connectivity index (χ2v) is 3.86. The first-order chi connectivity index (χ1) is 9.15. The van der Waals surface area contributed by atoms with E-state index in [-0.39, 0.29) is 12.4 Å². The van der Waals surface area contributed by atoms with E-state index in [4.69, 9.17) is 9.47 Å². The maximum Gasteiger partial charge on any atom is 0.338 e. The van der Waals surface area contributed by atoms with E-state index in [1.807, 2.05) is 0 Å². The number of ether oxygens (including phenoxy) is 2. The molecule has 1 atom stereocenters. The van der Waals surface area contributed by atoms with Gasteiger partial charge < -0.3 is 14.6 Å². The van der Waals surface area contributed by atoms with Crippen molar-refractivity contribution in [1.82, 2.24) is 0 Å². The lowest BCUT2D eigenvalue weighted by Crippen LogP contribution is -2.17. The smallest absolute Gasteiger partial charge is 0.338 e. The second-order valence-electron chi connectivity index (χ2n) is 3.86. The van der Waals surface area contributed by atoms with Gasteiger partial charge in [0.2, 0.25) is 0 Å². The molecule has 0 fully saturated rings. The van der Waals surface area contributed by atoms with Crippen LogP contribution in [0.5, 0.6) is 0 Å². The predicted octanol–water partition coefficient (Wildman–Crippen LogP) is 1.20. The monoisotopic (exact) mass is 260 g/mol. The number of carbonyl (C=O) groups excluding carboxylic acids is 2. The van der Waals surface area contributed by atoms with E-state index in [0.717, 1.165) is 0 Å². The summed E-state index contributed by atoms with van der Waals surface area (Å²) >= 11 is 0. The SMILES string of the molecule is O=C1C=C/C(=C/C(O)COC(=O)c2ccccc2)O1. The van der Waals surface area contributed by atoms with Gasteiger partial charge in [0, 0.05) is 6.08 Å². The van der Waals surface area contributed by atoms with Crippen LogP contribution >= 0.6 is 0 Å². The van der Waals surface area contributed by atoms with Crippen molar-refractivity contribution in [3.05, 3.63) is 59.9 Å². The molecule has 5 heteroatoms. The van der Waals surface area contributed by atoms with Crippen LogP contribution < -0.4 is 0 Å². The maximum atomic E-state index is 11.6. The minimum Gasteiger partial charge on any atom is -0.459 e. The third kappa shape index (κ3) is 3.79. The Hall–Kier alpha value is -2.40. The van der Waals surface area contributed by atoms with Crippen molar-refractivity contribution in [3.8, 4) is 0 Å². The number of cyclic esters (lactones) is 1. The number of rotatable bonds is 4. The Morgan fingerprint density at radius 1 is 1.32 bits per heavy atom. The van der Waals surface area contributed by atoms with Crippen molar-refractivity contribution in [1.29, 1.82) is 0 Å². The summed E-state index contributed by atoms with van der Waals surface area (Å²) in [5.41, 5.74) is 0.412. The molecular formula is C14H12O5. The summed E-state index contributed by atoms with van der Waals surface area (Å²) < 4.78 is 9.66. The molecule has 0 spiro atoms. The summed E-state index contributed by atoms with van der Waals surface area (Å²) in [6.45, 7) is -0.206.